The van der Waals surface area contributed by atoms with Crippen LogP contribution in [0.15, 0.2) is 12.1 Å². The number of hydrogen-bond acceptors (Lipinski definition) is 4. The first-order chi connectivity index (χ1) is 12.6. The molecule has 2 N–H and O–H groups in total. The number of carbonyl (C=O) groups excluding carboxylic acids is 2. The van der Waals surface area contributed by atoms with Gasteiger partial charge in [0.05, 0.1) is 6.10 Å². The molecule has 1 aromatic rings. The summed E-state index contributed by atoms with van der Waals surface area (Å²) in [7, 11) is 0. The average Bonchev–Trinajstić information content (AvgIpc) is 3.18. The monoisotopic (exact) mass is 357 g/mol. The Labute approximate surface area is 154 Å². The number of hydrogen-bond donors (Lipinski definition) is 1. The molecule has 0 bridgehead atoms. The van der Waals surface area contributed by atoms with E-state index in [0.717, 1.165) is 63.7 Å². The maximum atomic E-state index is 12.8. The van der Waals surface area contributed by atoms with Gasteiger partial charge in [0.15, 0.2) is 0 Å². The summed E-state index contributed by atoms with van der Waals surface area (Å²) in [5, 5.41) is 0. The molecule has 26 heavy (non-hydrogen) atoms. The van der Waals surface area contributed by atoms with E-state index in [9.17, 15) is 9.59 Å². The summed E-state index contributed by atoms with van der Waals surface area (Å²) in [6.07, 6.45) is 7.54. The molecule has 3 aliphatic rings. The molecular weight excluding hydrogens is 330 g/mol. The summed E-state index contributed by atoms with van der Waals surface area (Å²) in [6.45, 7) is 1.45. The lowest BCUT2D eigenvalue weighted by molar-refractivity contribution is -0.130. The van der Waals surface area contributed by atoms with E-state index in [2.05, 4.69) is 11.1 Å². The summed E-state index contributed by atoms with van der Waals surface area (Å²) in [5.74, 6) is 0.0812. The summed E-state index contributed by atoms with van der Waals surface area (Å²) >= 11 is 0. The smallest absolute Gasteiger partial charge is 0.272 e. The molecule has 140 valence electrons. The SMILES string of the molecule is NC(=O)[C@H]1CC[C@@H](C2CCN(C(=O)c3ccc4c(n3)CCCC4)CC2)O1. The largest absolute Gasteiger partial charge is 0.367 e. The normalized spacial score (nSPS) is 26.5. The van der Waals surface area contributed by atoms with Crippen molar-refractivity contribution in [1.29, 1.82) is 0 Å². The highest BCUT2D eigenvalue weighted by molar-refractivity contribution is 5.92. The minimum Gasteiger partial charge on any atom is -0.367 e. The number of primary amides is 1. The van der Waals surface area contributed by atoms with E-state index in [1.54, 1.807) is 0 Å². The van der Waals surface area contributed by atoms with Crippen molar-refractivity contribution in [2.45, 2.75) is 63.6 Å². The Bertz CT molecular complexity index is 698. The zero-order valence-corrected chi connectivity index (χ0v) is 15.2. The molecule has 3 heterocycles. The molecule has 6 heteroatoms. The molecule has 1 aliphatic carbocycles. The molecule has 1 aromatic heterocycles. The Morgan fingerprint density at radius 1 is 1.08 bits per heavy atom. The Hall–Kier alpha value is -1.95. The number of fused-ring (bicyclic) bond motifs is 1. The molecule has 0 unspecified atom stereocenters. The van der Waals surface area contributed by atoms with E-state index in [1.807, 2.05) is 11.0 Å². The van der Waals surface area contributed by atoms with Crippen LogP contribution >= 0.6 is 0 Å². The third kappa shape index (κ3) is 3.47. The van der Waals surface area contributed by atoms with Gasteiger partial charge < -0.3 is 15.4 Å². The van der Waals surface area contributed by atoms with E-state index in [1.165, 1.54) is 12.0 Å². The van der Waals surface area contributed by atoms with Crippen molar-refractivity contribution >= 4 is 11.8 Å². The fourth-order valence-electron chi connectivity index (χ4n) is 4.56. The second-order valence-electron chi connectivity index (χ2n) is 7.78. The van der Waals surface area contributed by atoms with Gasteiger partial charge in [-0.05, 0) is 68.9 Å². The predicted molar refractivity (Wildman–Crippen MR) is 96.6 cm³/mol. The number of nitrogens with two attached hydrogens (primary N) is 1. The van der Waals surface area contributed by atoms with E-state index in [0.29, 0.717) is 11.6 Å². The summed E-state index contributed by atoms with van der Waals surface area (Å²) < 4.78 is 5.81. The number of pyridine rings is 1. The van der Waals surface area contributed by atoms with Crippen LogP contribution in [0, 0.1) is 5.92 Å². The molecule has 4 rings (SSSR count). The molecule has 2 amide bonds. The van der Waals surface area contributed by atoms with Crippen LogP contribution in [0.2, 0.25) is 0 Å². The molecule has 2 atom stereocenters. The number of piperidine rings is 1. The molecule has 0 spiro atoms. The van der Waals surface area contributed by atoms with Crippen LogP contribution in [0.3, 0.4) is 0 Å². The van der Waals surface area contributed by atoms with E-state index in [-0.39, 0.29) is 17.9 Å². The third-order valence-electron chi connectivity index (χ3n) is 6.12. The van der Waals surface area contributed by atoms with Crippen molar-refractivity contribution in [3.8, 4) is 0 Å². The molecule has 2 aliphatic heterocycles. The van der Waals surface area contributed by atoms with Gasteiger partial charge in [0.1, 0.15) is 11.8 Å². The molecule has 0 aromatic carbocycles. The molecule has 2 saturated heterocycles. The summed E-state index contributed by atoms with van der Waals surface area (Å²) in [4.78, 5) is 30.7. The third-order valence-corrected chi connectivity index (χ3v) is 6.12. The maximum Gasteiger partial charge on any atom is 0.272 e. The topological polar surface area (TPSA) is 85.5 Å². The van der Waals surface area contributed by atoms with Gasteiger partial charge in [0.2, 0.25) is 5.91 Å². The van der Waals surface area contributed by atoms with Crippen LogP contribution in [0.4, 0.5) is 0 Å². The number of amides is 2. The van der Waals surface area contributed by atoms with Gasteiger partial charge in [-0.2, -0.15) is 0 Å². The summed E-state index contributed by atoms with van der Waals surface area (Å²) in [5.41, 5.74) is 8.32. The van der Waals surface area contributed by atoms with Crippen LogP contribution in [0.25, 0.3) is 0 Å². The fraction of sp³-hybridized carbons (Fsp3) is 0.650. The molecule has 2 fully saturated rings. The Kier molecular flexibility index (Phi) is 4.94. The molecular formula is C20H27N3O3. The van der Waals surface area contributed by atoms with Crippen LogP contribution in [-0.4, -0.2) is 47.0 Å². The van der Waals surface area contributed by atoms with Crippen molar-refractivity contribution < 1.29 is 14.3 Å². The highest BCUT2D eigenvalue weighted by atomic mass is 16.5. The van der Waals surface area contributed by atoms with Crippen molar-refractivity contribution in [2.24, 2.45) is 11.7 Å². The number of nitrogens with zero attached hydrogens (tertiary/aromatic N) is 2. The lowest BCUT2D eigenvalue weighted by atomic mass is 9.89. The van der Waals surface area contributed by atoms with E-state index < -0.39 is 6.10 Å². The van der Waals surface area contributed by atoms with Crippen molar-refractivity contribution in [3.05, 3.63) is 29.1 Å². The van der Waals surface area contributed by atoms with Crippen LogP contribution in [0.5, 0.6) is 0 Å². The number of likely N-dealkylation sites (tertiary alicyclic amines) is 1. The van der Waals surface area contributed by atoms with E-state index in [4.69, 9.17) is 10.5 Å². The molecule has 0 radical (unpaired) electrons. The first-order valence-corrected chi connectivity index (χ1v) is 9.84. The van der Waals surface area contributed by atoms with Crippen LogP contribution < -0.4 is 5.73 Å². The molecule has 6 nitrogen and oxygen atoms in total. The Morgan fingerprint density at radius 3 is 2.58 bits per heavy atom. The number of ether oxygens (including phenoxy) is 1. The summed E-state index contributed by atoms with van der Waals surface area (Å²) in [6, 6.07) is 3.97. The lowest BCUT2D eigenvalue weighted by Gasteiger charge is -2.34. The first-order valence-electron chi connectivity index (χ1n) is 9.84. The van der Waals surface area contributed by atoms with Gasteiger partial charge in [-0.15, -0.1) is 0 Å². The second kappa shape index (κ2) is 7.35. The quantitative estimate of drug-likeness (QED) is 0.894. The van der Waals surface area contributed by atoms with Gasteiger partial charge in [0, 0.05) is 18.8 Å². The number of carbonyl (C=O) groups is 2. The first kappa shape index (κ1) is 17.5. The van der Waals surface area contributed by atoms with Crippen LogP contribution in [-0.2, 0) is 22.4 Å². The van der Waals surface area contributed by atoms with Crippen molar-refractivity contribution in [1.82, 2.24) is 9.88 Å². The standard InChI is InChI=1S/C20H27N3O3/c21-19(24)18-8-7-17(26-18)14-9-11-23(12-10-14)20(25)16-6-5-13-3-1-2-4-15(13)22-16/h5-6,14,17-18H,1-4,7-12H2,(H2,21,24)/t17-,18+/m0/s1. The zero-order valence-electron chi connectivity index (χ0n) is 15.2. The van der Waals surface area contributed by atoms with E-state index >= 15 is 0 Å². The zero-order chi connectivity index (χ0) is 18.1. The van der Waals surface area contributed by atoms with Gasteiger partial charge >= 0.3 is 0 Å². The van der Waals surface area contributed by atoms with Crippen molar-refractivity contribution in [3.63, 3.8) is 0 Å². The highest BCUT2D eigenvalue weighted by Gasteiger charge is 2.36. The van der Waals surface area contributed by atoms with Crippen LogP contribution in [0.1, 0.15) is 60.3 Å². The number of aryl methyl sites for hydroxylation is 2. The molecule has 0 saturated carbocycles. The Balaban J connectivity index is 1.34. The maximum absolute atomic E-state index is 12.8. The predicted octanol–water partition coefficient (Wildman–Crippen LogP) is 1.85. The number of rotatable bonds is 3. The lowest BCUT2D eigenvalue weighted by Crippen LogP contribution is -2.42. The number of aromatic nitrogens is 1. The average molecular weight is 357 g/mol. The van der Waals surface area contributed by atoms with Gasteiger partial charge in [-0.25, -0.2) is 4.98 Å². The van der Waals surface area contributed by atoms with Gasteiger partial charge in [0.25, 0.3) is 5.91 Å². The van der Waals surface area contributed by atoms with Gasteiger partial charge in [-0.1, -0.05) is 6.07 Å². The minimum atomic E-state index is -0.431. The highest BCUT2D eigenvalue weighted by Crippen LogP contribution is 2.32. The fourth-order valence-corrected chi connectivity index (χ4v) is 4.56. The Morgan fingerprint density at radius 2 is 1.85 bits per heavy atom. The second-order valence-corrected chi connectivity index (χ2v) is 7.78. The van der Waals surface area contributed by atoms with Crippen molar-refractivity contribution in [2.75, 3.05) is 13.1 Å². The van der Waals surface area contributed by atoms with Gasteiger partial charge in [-0.3, -0.25) is 9.59 Å². The minimum absolute atomic E-state index is 0.0409.